The lowest BCUT2D eigenvalue weighted by atomic mass is 9.94. The lowest BCUT2D eigenvalue weighted by Crippen LogP contribution is -2.38. The fraction of sp³-hybridized carbons (Fsp3) is 0.318. The maximum absolute atomic E-state index is 10.1. The van der Waals surface area contributed by atoms with Gasteiger partial charge in [0.05, 0.1) is 25.4 Å². The second-order valence-corrected chi connectivity index (χ2v) is 7.39. The van der Waals surface area contributed by atoms with Crippen LogP contribution in [0, 0.1) is 33.5 Å². The highest BCUT2D eigenvalue weighted by Gasteiger charge is 2.94. The number of hydrogen-bond donors (Lipinski definition) is 1. The quantitative estimate of drug-likeness (QED) is 0.863. The standard InChI is InChI=1S/C22H18N4O3/c23-13-20-18(21(20,14-24)22(26-19(20)25)28-10-11-29-22)16-6-8-17(9-7-16)27-12-15-4-2-1-3-5-15/h1-9,18H,10-12H2,(H2,25,26). The monoisotopic (exact) mass is 386 g/mol. The number of fused-ring (bicyclic) bond motifs is 2. The molecule has 29 heavy (non-hydrogen) atoms. The third-order valence-corrected chi connectivity index (χ3v) is 6.07. The van der Waals surface area contributed by atoms with Gasteiger partial charge in [-0.05, 0) is 23.3 Å². The topological polar surface area (TPSA) is 114 Å². The molecule has 2 aliphatic heterocycles. The molecule has 2 aromatic rings. The highest BCUT2D eigenvalue weighted by molar-refractivity contribution is 6.00. The van der Waals surface area contributed by atoms with Crippen LogP contribution in [-0.4, -0.2) is 25.0 Å². The summed E-state index contributed by atoms with van der Waals surface area (Å²) in [5, 5.41) is 20.1. The van der Waals surface area contributed by atoms with Crippen molar-refractivity contribution in [2.45, 2.75) is 18.4 Å². The van der Waals surface area contributed by atoms with Crippen molar-refractivity contribution in [2.75, 3.05) is 13.2 Å². The Morgan fingerprint density at radius 3 is 2.34 bits per heavy atom. The normalized spacial score (nSPS) is 30.8. The maximum Gasteiger partial charge on any atom is 0.293 e. The van der Waals surface area contributed by atoms with E-state index in [0.29, 0.717) is 25.6 Å². The van der Waals surface area contributed by atoms with E-state index in [-0.39, 0.29) is 5.84 Å². The predicted molar refractivity (Wildman–Crippen MR) is 102 cm³/mol. The molecule has 1 saturated heterocycles. The number of amidine groups is 1. The number of ether oxygens (including phenoxy) is 3. The van der Waals surface area contributed by atoms with Gasteiger partial charge < -0.3 is 19.9 Å². The van der Waals surface area contributed by atoms with Crippen molar-refractivity contribution in [2.24, 2.45) is 21.6 Å². The maximum atomic E-state index is 10.1. The highest BCUT2D eigenvalue weighted by Crippen LogP contribution is 2.82. The molecule has 1 spiro atoms. The smallest absolute Gasteiger partial charge is 0.293 e. The van der Waals surface area contributed by atoms with E-state index in [9.17, 15) is 10.5 Å². The number of hydrogen-bond acceptors (Lipinski definition) is 7. The molecule has 1 saturated carbocycles. The predicted octanol–water partition coefficient (Wildman–Crippen LogP) is 2.45. The summed E-state index contributed by atoms with van der Waals surface area (Å²) in [6.07, 6.45) is 0. The molecule has 3 aliphatic rings. The number of rotatable bonds is 4. The summed E-state index contributed by atoms with van der Waals surface area (Å²) in [6.45, 7) is 1.07. The first-order chi connectivity index (χ1) is 14.1. The lowest BCUT2D eigenvalue weighted by molar-refractivity contribution is -0.184. The van der Waals surface area contributed by atoms with Crippen LogP contribution in [-0.2, 0) is 16.1 Å². The van der Waals surface area contributed by atoms with Crippen LogP contribution in [0.5, 0.6) is 5.75 Å². The van der Waals surface area contributed by atoms with Crippen molar-refractivity contribution in [1.82, 2.24) is 0 Å². The second-order valence-electron chi connectivity index (χ2n) is 7.39. The second kappa shape index (κ2) is 6.05. The Bertz CT molecular complexity index is 1060. The molecular weight excluding hydrogens is 368 g/mol. The molecule has 0 amide bonds. The summed E-state index contributed by atoms with van der Waals surface area (Å²) in [5.41, 5.74) is 5.47. The van der Waals surface area contributed by atoms with E-state index < -0.39 is 22.7 Å². The molecule has 2 aromatic carbocycles. The SMILES string of the molecule is N#CC12C(N)=NC3(OCCO3)C1(C#N)C2c1ccc(OCc2ccccc2)cc1. The van der Waals surface area contributed by atoms with E-state index in [2.05, 4.69) is 17.1 Å². The molecule has 1 aliphatic carbocycles. The fourth-order valence-electron chi connectivity index (χ4n) is 4.72. The van der Waals surface area contributed by atoms with Gasteiger partial charge in [-0.2, -0.15) is 10.5 Å². The molecule has 144 valence electrons. The Balaban J connectivity index is 1.44. The summed E-state index contributed by atoms with van der Waals surface area (Å²) in [5.74, 6) is -1.19. The molecule has 0 bridgehead atoms. The van der Waals surface area contributed by atoms with Crippen LogP contribution in [0.25, 0.3) is 0 Å². The molecule has 5 rings (SSSR count). The first kappa shape index (κ1) is 17.7. The van der Waals surface area contributed by atoms with Gasteiger partial charge in [-0.15, -0.1) is 0 Å². The molecule has 2 heterocycles. The Hall–Kier alpha value is -3.39. The van der Waals surface area contributed by atoms with E-state index in [1.165, 1.54) is 0 Å². The first-order valence-electron chi connectivity index (χ1n) is 9.36. The molecule has 3 atom stereocenters. The van der Waals surface area contributed by atoms with Crippen molar-refractivity contribution in [3.63, 3.8) is 0 Å². The van der Waals surface area contributed by atoms with E-state index in [1.807, 2.05) is 54.6 Å². The minimum absolute atomic E-state index is 0.0952. The number of nitrogens with two attached hydrogens (primary N) is 1. The van der Waals surface area contributed by atoms with Gasteiger partial charge in [0.15, 0.2) is 5.41 Å². The van der Waals surface area contributed by atoms with Crippen molar-refractivity contribution >= 4 is 5.84 Å². The van der Waals surface area contributed by atoms with Crippen molar-refractivity contribution < 1.29 is 14.2 Å². The molecule has 3 unspecified atom stereocenters. The molecule has 2 fully saturated rings. The van der Waals surface area contributed by atoms with Gasteiger partial charge in [0.25, 0.3) is 5.91 Å². The van der Waals surface area contributed by atoms with E-state index in [4.69, 9.17) is 19.9 Å². The molecule has 2 N–H and O–H groups in total. The molecule has 0 radical (unpaired) electrons. The van der Waals surface area contributed by atoms with Crippen molar-refractivity contribution in [1.29, 1.82) is 10.5 Å². The van der Waals surface area contributed by atoms with Crippen molar-refractivity contribution in [3.05, 3.63) is 65.7 Å². The molecule has 7 heteroatoms. The highest BCUT2D eigenvalue weighted by atomic mass is 16.8. The van der Waals surface area contributed by atoms with E-state index in [0.717, 1.165) is 11.1 Å². The third kappa shape index (κ3) is 2.09. The van der Waals surface area contributed by atoms with E-state index >= 15 is 0 Å². The number of nitriles is 2. The Morgan fingerprint density at radius 2 is 1.72 bits per heavy atom. The number of nitrogens with zero attached hydrogens (tertiary/aromatic N) is 3. The van der Waals surface area contributed by atoms with Gasteiger partial charge in [-0.1, -0.05) is 42.5 Å². The van der Waals surface area contributed by atoms with Crippen LogP contribution in [0.15, 0.2) is 59.6 Å². The molecule has 0 aromatic heterocycles. The van der Waals surface area contributed by atoms with Crippen LogP contribution in [0.3, 0.4) is 0 Å². The Kier molecular flexibility index (Phi) is 3.69. The minimum atomic E-state index is -1.51. The third-order valence-electron chi connectivity index (χ3n) is 6.07. The fourth-order valence-corrected chi connectivity index (χ4v) is 4.72. The summed E-state index contributed by atoms with van der Waals surface area (Å²) in [4.78, 5) is 4.27. The molecular formula is C22H18N4O3. The summed E-state index contributed by atoms with van der Waals surface area (Å²) < 4.78 is 17.3. The largest absolute Gasteiger partial charge is 0.489 e. The van der Waals surface area contributed by atoms with Gasteiger partial charge in [0, 0.05) is 5.92 Å². The van der Waals surface area contributed by atoms with Crippen molar-refractivity contribution in [3.8, 4) is 17.9 Å². The van der Waals surface area contributed by atoms with Gasteiger partial charge in [0.1, 0.15) is 23.6 Å². The Labute approximate surface area is 167 Å². The number of benzene rings is 2. The zero-order chi connectivity index (χ0) is 20.1. The molecule has 7 nitrogen and oxygen atoms in total. The van der Waals surface area contributed by atoms with Gasteiger partial charge >= 0.3 is 0 Å². The van der Waals surface area contributed by atoms with Crippen LogP contribution >= 0.6 is 0 Å². The zero-order valence-corrected chi connectivity index (χ0v) is 15.5. The summed E-state index contributed by atoms with van der Waals surface area (Å²) >= 11 is 0. The van der Waals surface area contributed by atoms with Crippen LogP contribution in [0.1, 0.15) is 17.0 Å². The first-order valence-corrected chi connectivity index (χ1v) is 9.36. The van der Waals surface area contributed by atoms with Gasteiger partial charge in [-0.3, -0.25) is 0 Å². The average Bonchev–Trinajstić information content (AvgIpc) is 3.01. The number of aliphatic imine (C=N–C) groups is 1. The van der Waals surface area contributed by atoms with Gasteiger partial charge in [0.2, 0.25) is 0 Å². The van der Waals surface area contributed by atoms with E-state index in [1.54, 1.807) is 0 Å². The van der Waals surface area contributed by atoms with Gasteiger partial charge in [-0.25, -0.2) is 4.99 Å². The van der Waals surface area contributed by atoms with Crippen LogP contribution in [0.4, 0.5) is 0 Å². The average molecular weight is 386 g/mol. The van der Waals surface area contributed by atoms with Crippen LogP contribution in [0.2, 0.25) is 0 Å². The Morgan fingerprint density at radius 1 is 1.03 bits per heavy atom. The minimum Gasteiger partial charge on any atom is -0.489 e. The lowest BCUT2D eigenvalue weighted by Gasteiger charge is -2.25. The van der Waals surface area contributed by atoms with Crippen LogP contribution < -0.4 is 10.5 Å². The summed E-state index contributed by atoms with van der Waals surface area (Å²) in [6, 6.07) is 21.8. The summed E-state index contributed by atoms with van der Waals surface area (Å²) in [7, 11) is 0. The zero-order valence-electron chi connectivity index (χ0n) is 15.5.